The van der Waals surface area contributed by atoms with Crippen LogP contribution in [0.3, 0.4) is 0 Å². The molecule has 2 atom stereocenters. The fraction of sp³-hybridized carbons (Fsp3) is 0.455. The Hall–Kier alpha value is -2.67. The zero-order valence-corrected chi connectivity index (χ0v) is 17.4. The molecule has 1 aliphatic heterocycles. The number of guanidine groups is 1. The first-order valence-electron chi connectivity index (χ1n) is 10.1. The molecule has 0 bridgehead atoms. The number of aromatic nitrogens is 1. The van der Waals surface area contributed by atoms with Gasteiger partial charge in [-0.2, -0.15) is 0 Å². The highest BCUT2D eigenvalue weighted by molar-refractivity contribution is 5.79. The fourth-order valence-electron chi connectivity index (χ4n) is 3.50. The Kier molecular flexibility index (Phi) is 7.41. The summed E-state index contributed by atoms with van der Waals surface area (Å²) in [6.07, 6.45) is 3.05. The van der Waals surface area contributed by atoms with Crippen molar-refractivity contribution in [3.63, 3.8) is 0 Å². The maximum Gasteiger partial charge on any atom is 0.191 e. The van der Waals surface area contributed by atoms with Crippen LogP contribution >= 0.6 is 0 Å². The van der Waals surface area contributed by atoms with E-state index in [4.69, 9.17) is 4.74 Å². The first-order valence-corrected chi connectivity index (χ1v) is 10.1. The second-order valence-corrected chi connectivity index (χ2v) is 7.42. The van der Waals surface area contributed by atoms with E-state index in [2.05, 4.69) is 51.5 Å². The van der Waals surface area contributed by atoms with Crippen LogP contribution < -0.4 is 15.5 Å². The molecular weight excluding hydrogens is 369 g/mol. The summed E-state index contributed by atoms with van der Waals surface area (Å²) in [5.74, 6) is 1.48. The molecule has 2 heterocycles. The molecule has 3 rings (SSSR count). The van der Waals surface area contributed by atoms with Gasteiger partial charge in [0.15, 0.2) is 5.96 Å². The lowest BCUT2D eigenvalue weighted by molar-refractivity contribution is -0.00545. The summed E-state index contributed by atoms with van der Waals surface area (Å²) in [5.41, 5.74) is 2.04. The largest absolute Gasteiger partial charge is 0.372 e. The van der Waals surface area contributed by atoms with Gasteiger partial charge >= 0.3 is 0 Å². The van der Waals surface area contributed by atoms with E-state index < -0.39 is 0 Å². The van der Waals surface area contributed by atoms with Crippen molar-refractivity contribution in [1.82, 2.24) is 15.6 Å². The Bertz CT molecular complexity index is 801. The van der Waals surface area contributed by atoms with Crippen molar-refractivity contribution in [1.29, 1.82) is 0 Å². The van der Waals surface area contributed by atoms with Gasteiger partial charge in [-0.3, -0.25) is 4.99 Å². The maximum absolute atomic E-state index is 13.2. The third-order valence-corrected chi connectivity index (χ3v) is 4.83. The summed E-state index contributed by atoms with van der Waals surface area (Å²) in [7, 11) is 1.74. The molecule has 156 valence electrons. The van der Waals surface area contributed by atoms with Gasteiger partial charge in [0.1, 0.15) is 11.6 Å². The van der Waals surface area contributed by atoms with Crippen LogP contribution in [0.25, 0.3) is 0 Å². The van der Waals surface area contributed by atoms with Gasteiger partial charge in [0.2, 0.25) is 0 Å². The number of benzene rings is 1. The Labute approximate surface area is 172 Å². The average molecular weight is 400 g/mol. The minimum atomic E-state index is -0.207. The van der Waals surface area contributed by atoms with Gasteiger partial charge in [0.25, 0.3) is 0 Å². The molecule has 2 unspecified atom stereocenters. The summed E-state index contributed by atoms with van der Waals surface area (Å²) in [5, 5.41) is 6.54. The Morgan fingerprint density at radius 3 is 2.62 bits per heavy atom. The number of hydrogen-bond acceptors (Lipinski definition) is 4. The molecule has 2 N–H and O–H groups in total. The zero-order valence-electron chi connectivity index (χ0n) is 17.4. The highest BCUT2D eigenvalue weighted by Crippen LogP contribution is 2.18. The molecule has 29 heavy (non-hydrogen) atoms. The zero-order chi connectivity index (χ0) is 20.6. The summed E-state index contributed by atoms with van der Waals surface area (Å²) in [4.78, 5) is 11.1. The van der Waals surface area contributed by atoms with Crippen LogP contribution in [0.5, 0.6) is 0 Å². The van der Waals surface area contributed by atoms with Crippen LogP contribution in [0.15, 0.2) is 47.6 Å². The summed E-state index contributed by atoms with van der Waals surface area (Å²) >= 11 is 0. The normalized spacial score (nSPS) is 19.9. The summed E-state index contributed by atoms with van der Waals surface area (Å²) in [6, 6.07) is 10.8. The molecule has 1 saturated heterocycles. The molecule has 0 radical (unpaired) electrons. The lowest BCUT2D eigenvalue weighted by Crippen LogP contribution is -2.45. The fourth-order valence-corrected chi connectivity index (χ4v) is 3.50. The molecule has 1 fully saturated rings. The smallest absolute Gasteiger partial charge is 0.191 e. The van der Waals surface area contributed by atoms with Crippen LogP contribution in [-0.4, -0.2) is 49.8 Å². The number of morpholine rings is 1. The third-order valence-electron chi connectivity index (χ3n) is 4.83. The Morgan fingerprint density at radius 2 is 1.97 bits per heavy atom. The first-order chi connectivity index (χ1) is 14.0. The van der Waals surface area contributed by atoms with Crippen molar-refractivity contribution < 1.29 is 9.13 Å². The van der Waals surface area contributed by atoms with Gasteiger partial charge < -0.3 is 20.3 Å². The molecule has 0 saturated carbocycles. The molecule has 1 aromatic heterocycles. The number of nitrogens with one attached hydrogen (secondary N) is 2. The standard InChI is InChI=1S/C22H30FN5O/c1-16-14-28(15-17(2)29-16)21-8-7-19(12-26-21)13-27-22(24-3)25-10-9-18-5-4-6-20(23)11-18/h4-8,11-12,16-17H,9-10,13-15H2,1-3H3,(H2,24,25,27). The van der Waals surface area contributed by atoms with Crippen LogP contribution in [0.1, 0.15) is 25.0 Å². The average Bonchev–Trinajstić information content (AvgIpc) is 2.70. The number of aliphatic imine (C=N–C) groups is 1. The topological polar surface area (TPSA) is 61.8 Å². The van der Waals surface area contributed by atoms with Crippen molar-refractivity contribution >= 4 is 11.8 Å². The van der Waals surface area contributed by atoms with Gasteiger partial charge in [0, 0.05) is 39.4 Å². The number of anilines is 1. The monoisotopic (exact) mass is 399 g/mol. The molecule has 6 nitrogen and oxygen atoms in total. The van der Waals surface area contributed by atoms with E-state index in [0.717, 1.165) is 36.5 Å². The number of rotatable bonds is 6. The molecule has 1 aliphatic rings. The Balaban J connectivity index is 1.45. The van der Waals surface area contributed by atoms with E-state index in [0.29, 0.717) is 19.0 Å². The number of pyridine rings is 1. The first kappa shape index (κ1) is 21.0. The minimum absolute atomic E-state index is 0.207. The van der Waals surface area contributed by atoms with Crippen LogP contribution in [-0.2, 0) is 17.7 Å². The molecular formula is C22H30FN5O. The minimum Gasteiger partial charge on any atom is -0.372 e. The number of halogens is 1. The van der Waals surface area contributed by atoms with Gasteiger partial charge in [-0.05, 0) is 49.6 Å². The molecule has 0 amide bonds. The number of nitrogens with zero attached hydrogens (tertiary/aromatic N) is 3. The van der Waals surface area contributed by atoms with Crippen molar-refractivity contribution in [3.8, 4) is 0 Å². The predicted octanol–water partition coefficient (Wildman–Crippen LogP) is 2.74. The Morgan fingerprint density at radius 1 is 1.17 bits per heavy atom. The predicted molar refractivity (Wildman–Crippen MR) is 115 cm³/mol. The van der Waals surface area contributed by atoms with E-state index in [9.17, 15) is 4.39 Å². The van der Waals surface area contributed by atoms with Crippen LogP contribution in [0, 0.1) is 5.82 Å². The van der Waals surface area contributed by atoms with E-state index in [1.165, 1.54) is 6.07 Å². The summed E-state index contributed by atoms with van der Waals surface area (Å²) < 4.78 is 19.0. The second-order valence-electron chi connectivity index (χ2n) is 7.42. The SMILES string of the molecule is CN=C(NCCc1cccc(F)c1)NCc1ccc(N2CC(C)OC(C)C2)nc1. The van der Waals surface area contributed by atoms with E-state index in [-0.39, 0.29) is 18.0 Å². The highest BCUT2D eigenvalue weighted by atomic mass is 19.1. The number of ether oxygens (including phenoxy) is 1. The van der Waals surface area contributed by atoms with Gasteiger partial charge in [-0.15, -0.1) is 0 Å². The lowest BCUT2D eigenvalue weighted by atomic mass is 10.1. The maximum atomic E-state index is 13.2. The molecule has 1 aromatic carbocycles. The van der Waals surface area contributed by atoms with E-state index in [1.54, 1.807) is 19.2 Å². The van der Waals surface area contributed by atoms with Gasteiger partial charge in [-0.1, -0.05) is 18.2 Å². The van der Waals surface area contributed by atoms with E-state index in [1.807, 2.05) is 12.3 Å². The lowest BCUT2D eigenvalue weighted by Gasteiger charge is -2.36. The van der Waals surface area contributed by atoms with Crippen molar-refractivity contribution in [2.45, 2.75) is 39.0 Å². The van der Waals surface area contributed by atoms with Crippen molar-refractivity contribution in [2.24, 2.45) is 4.99 Å². The van der Waals surface area contributed by atoms with Crippen molar-refractivity contribution in [3.05, 3.63) is 59.5 Å². The highest BCUT2D eigenvalue weighted by Gasteiger charge is 2.22. The molecule has 2 aromatic rings. The molecule has 0 spiro atoms. The summed E-state index contributed by atoms with van der Waals surface area (Å²) in [6.45, 7) is 7.20. The quantitative estimate of drug-likeness (QED) is 0.578. The van der Waals surface area contributed by atoms with Crippen molar-refractivity contribution in [2.75, 3.05) is 31.6 Å². The van der Waals surface area contributed by atoms with Gasteiger partial charge in [-0.25, -0.2) is 9.37 Å². The van der Waals surface area contributed by atoms with Crippen LogP contribution in [0.2, 0.25) is 0 Å². The third kappa shape index (κ3) is 6.42. The molecule has 7 heteroatoms. The second kappa shape index (κ2) is 10.2. The molecule has 0 aliphatic carbocycles. The number of hydrogen-bond donors (Lipinski definition) is 2. The van der Waals surface area contributed by atoms with Gasteiger partial charge in [0.05, 0.1) is 12.2 Å². The van der Waals surface area contributed by atoms with Crippen LogP contribution in [0.4, 0.5) is 10.2 Å². The van der Waals surface area contributed by atoms with E-state index >= 15 is 0 Å².